The van der Waals surface area contributed by atoms with Gasteiger partial charge >= 0.3 is 0 Å². The second-order valence-electron chi connectivity index (χ2n) is 8.21. The molecule has 1 aromatic rings. The highest BCUT2D eigenvalue weighted by molar-refractivity contribution is 6.30. The number of carbonyl (C=O) groups excluding carboxylic acids is 2. The molecular formula is C20H29ClN2O4. The van der Waals surface area contributed by atoms with E-state index in [1.165, 1.54) is 0 Å². The number of halogens is 1. The molecule has 0 bridgehead atoms. The van der Waals surface area contributed by atoms with Gasteiger partial charge in [0.05, 0.1) is 5.60 Å². The molecule has 150 valence electrons. The van der Waals surface area contributed by atoms with Crippen molar-refractivity contribution in [2.24, 2.45) is 11.3 Å². The summed E-state index contributed by atoms with van der Waals surface area (Å²) >= 11 is 5.96. The second kappa shape index (κ2) is 8.17. The molecule has 6 nitrogen and oxygen atoms in total. The zero-order chi connectivity index (χ0) is 20.4. The number of piperidine rings is 1. The van der Waals surface area contributed by atoms with Crippen molar-refractivity contribution in [3.05, 3.63) is 34.9 Å². The molecule has 7 heteroatoms. The normalized spacial score (nSPS) is 23.2. The lowest BCUT2D eigenvalue weighted by atomic mass is 9.66. The first kappa shape index (κ1) is 21.7. The molecule has 0 saturated carbocycles. The van der Waals surface area contributed by atoms with Crippen molar-refractivity contribution in [3.63, 3.8) is 0 Å². The Hall–Kier alpha value is -1.63. The number of hydrogen-bond donors (Lipinski definition) is 3. The third-order valence-electron chi connectivity index (χ3n) is 5.48. The summed E-state index contributed by atoms with van der Waals surface area (Å²) in [4.78, 5) is 26.3. The number of benzene rings is 1. The van der Waals surface area contributed by atoms with Crippen LogP contribution in [-0.4, -0.2) is 52.7 Å². The first-order chi connectivity index (χ1) is 12.5. The summed E-state index contributed by atoms with van der Waals surface area (Å²) in [6.07, 6.45) is 0.381. The Morgan fingerprint density at radius 3 is 2.33 bits per heavy atom. The van der Waals surface area contributed by atoms with Crippen LogP contribution in [0.1, 0.15) is 39.7 Å². The van der Waals surface area contributed by atoms with E-state index in [1.54, 1.807) is 17.0 Å². The number of aliphatic hydroxyl groups is 2. The lowest BCUT2D eigenvalue weighted by Crippen LogP contribution is -2.60. The number of carbonyl (C=O) groups is 2. The van der Waals surface area contributed by atoms with E-state index < -0.39 is 29.6 Å². The first-order valence-electron chi connectivity index (χ1n) is 9.19. The van der Waals surface area contributed by atoms with Gasteiger partial charge in [-0.1, -0.05) is 51.4 Å². The van der Waals surface area contributed by atoms with E-state index in [2.05, 4.69) is 5.32 Å². The maximum absolute atomic E-state index is 13.0. The van der Waals surface area contributed by atoms with E-state index >= 15 is 0 Å². The zero-order valence-electron chi connectivity index (χ0n) is 16.3. The van der Waals surface area contributed by atoms with Crippen molar-refractivity contribution in [1.82, 2.24) is 10.2 Å². The van der Waals surface area contributed by atoms with Crippen LogP contribution in [0, 0.1) is 11.3 Å². The van der Waals surface area contributed by atoms with E-state index in [4.69, 9.17) is 16.7 Å². The van der Waals surface area contributed by atoms with Crippen molar-refractivity contribution < 1.29 is 19.8 Å². The highest BCUT2D eigenvalue weighted by atomic mass is 35.5. The Labute approximate surface area is 165 Å². The minimum atomic E-state index is -1.09. The van der Waals surface area contributed by atoms with Crippen molar-refractivity contribution in [2.45, 2.75) is 45.8 Å². The highest BCUT2D eigenvalue weighted by Crippen LogP contribution is 2.46. The minimum absolute atomic E-state index is 0.117. The molecule has 0 aromatic heterocycles. The smallest absolute Gasteiger partial charge is 0.246 e. The topological polar surface area (TPSA) is 89.9 Å². The zero-order valence-corrected chi connectivity index (χ0v) is 17.1. The van der Waals surface area contributed by atoms with Crippen molar-refractivity contribution in [1.29, 1.82) is 0 Å². The van der Waals surface area contributed by atoms with E-state index in [-0.39, 0.29) is 11.8 Å². The minimum Gasteiger partial charge on any atom is -0.387 e. The van der Waals surface area contributed by atoms with Crippen LogP contribution in [0.3, 0.4) is 0 Å². The van der Waals surface area contributed by atoms with E-state index in [0.717, 1.165) is 5.56 Å². The average Bonchev–Trinajstić information content (AvgIpc) is 2.61. The van der Waals surface area contributed by atoms with Crippen molar-refractivity contribution in [2.75, 3.05) is 19.7 Å². The lowest BCUT2D eigenvalue weighted by molar-refractivity contribution is -0.156. The molecule has 2 amide bonds. The van der Waals surface area contributed by atoms with Gasteiger partial charge in [-0.25, -0.2) is 0 Å². The SMILES string of the molecule is CC(C)[C@@H](NC(=O)CO)C(=O)N1CC[C@](O)(c2ccc(Cl)cc2)C(C)(C)C1. The van der Waals surface area contributed by atoms with Crippen LogP contribution in [0.15, 0.2) is 24.3 Å². The van der Waals surface area contributed by atoms with Gasteiger partial charge in [0.15, 0.2) is 0 Å². The van der Waals surface area contributed by atoms with Crippen LogP contribution in [0.5, 0.6) is 0 Å². The molecule has 1 heterocycles. The van der Waals surface area contributed by atoms with Gasteiger partial charge in [-0.15, -0.1) is 0 Å². The number of amides is 2. The molecule has 27 heavy (non-hydrogen) atoms. The van der Waals surface area contributed by atoms with E-state index in [1.807, 2.05) is 39.8 Å². The summed E-state index contributed by atoms with van der Waals surface area (Å²) in [6, 6.07) is 6.44. The number of rotatable bonds is 5. The first-order valence-corrected chi connectivity index (χ1v) is 9.57. The fourth-order valence-corrected chi connectivity index (χ4v) is 3.83. The summed E-state index contributed by atoms with van der Waals surface area (Å²) in [5.74, 6) is -0.887. The molecule has 2 atom stereocenters. The number of hydrogen-bond acceptors (Lipinski definition) is 4. The van der Waals surface area contributed by atoms with Crippen LogP contribution < -0.4 is 5.32 Å². The van der Waals surface area contributed by atoms with Gasteiger partial charge in [0.2, 0.25) is 11.8 Å². The highest BCUT2D eigenvalue weighted by Gasteiger charge is 2.50. The molecule has 2 rings (SSSR count). The Kier molecular flexibility index (Phi) is 6.55. The Balaban J connectivity index is 2.21. The quantitative estimate of drug-likeness (QED) is 0.709. The van der Waals surface area contributed by atoms with Crippen molar-refractivity contribution >= 4 is 23.4 Å². The van der Waals surface area contributed by atoms with Gasteiger partial charge in [0.1, 0.15) is 12.6 Å². The molecule has 3 N–H and O–H groups in total. The van der Waals surface area contributed by atoms with Gasteiger partial charge in [-0.2, -0.15) is 0 Å². The molecule has 1 aliphatic heterocycles. The van der Waals surface area contributed by atoms with Gasteiger partial charge < -0.3 is 20.4 Å². The number of nitrogens with one attached hydrogen (secondary N) is 1. The third kappa shape index (κ3) is 4.45. The van der Waals surface area contributed by atoms with Gasteiger partial charge in [-0.3, -0.25) is 9.59 Å². The van der Waals surface area contributed by atoms with E-state index in [0.29, 0.717) is 24.5 Å². The van der Waals surface area contributed by atoms with Crippen LogP contribution in [0.2, 0.25) is 5.02 Å². The fraction of sp³-hybridized carbons (Fsp3) is 0.600. The summed E-state index contributed by atoms with van der Waals surface area (Å²) in [5, 5.41) is 23.6. The van der Waals surface area contributed by atoms with Gasteiger partial charge in [-0.05, 0) is 30.0 Å². The number of nitrogens with zero attached hydrogens (tertiary/aromatic N) is 1. The maximum atomic E-state index is 13.0. The predicted molar refractivity (Wildman–Crippen MR) is 104 cm³/mol. The molecule has 0 spiro atoms. The summed E-state index contributed by atoms with van der Waals surface area (Å²) in [6.45, 7) is 7.62. The summed E-state index contributed by atoms with van der Waals surface area (Å²) in [5.41, 5.74) is -0.911. The monoisotopic (exact) mass is 396 g/mol. The predicted octanol–water partition coefficient (Wildman–Crippen LogP) is 1.92. The molecule has 1 aromatic carbocycles. The Bertz CT molecular complexity index is 690. The average molecular weight is 397 g/mol. The molecule has 1 aliphatic rings. The van der Waals surface area contributed by atoms with Crippen molar-refractivity contribution in [3.8, 4) is 0 Å². The summed E-state index contributed by atoms with van der Waals surface area (Å²) < 4.78 is 0. The standard InChI is InChI=1S/C20H29ClN2O4/c1-13(2)17(22-16(25)11-24)18(26)23-10-9-20(27,19(3,4)12-23)14-5-7-15(21)8-6-14/h5-8,13,17,24,27H,9-12H2,1-4H3,(H,22,25)/t17-,20+/m1/s1. The molecule has 0 unspecified atom stereocenters. The molecule has 1 fully saturated rings. The lowest BCUT2D eigenvalue weighted by Gasteiger charge is -2.51. The molecule has 1 saturated heterocycles. The number of likely N-dealkylation sites (tertiary alicyclic amines) is 1. The fourth-order valence-electron chi connectivity index (χ4n) is 3.70. The van der Waals surface area contributed by atoms with Crippen LogP contribution in [-0.2, 0) is 15.2 Å². The largest absolute Gasteiger partial charge is 0.387 e. The van der Waals surface area contributed by atoms with E-state index in [9.17, 15) is 14.7 Å². The molecule has 0 radical (unpaired) electrons. The van der Waals surface area contributed by atoms with Crippen LogP contribution >= 0.6 is 11.6 Å². The Morgan fingerprint density at radius 1 is 1.26 bits per heavy atom. The molecular weight excluding hydrogens is 368 g/mol. The number of aliphatic hydroxyl groups excluding tert-OH is 1. The second-order valence-corrected chi connectivity index (χ2v) is 8.64. The Morgan fingerprint density at radius 2 is 1.85 bits per heavy atom. The summed E-state index contributed by atoms with van der Waals surface area (Å²) in [7, 11) is 0. The molecule has 0 aliphatic carbocycles. The van der Waals surface area contributed by atoms with Gasteiger partial charge in [0.25, 0.3) is 0 Å². The third-order valence-corrected chi connectivity index (χ3v) is 5.73. The van der Waals surface area contributed by atoms with Crippen LogP contribution in [0.25, 0.3) is 0 Å². The van der Waals surface area contributed by atoms with Gasteiger partial charge in [0, 0.05) is 23.5 Å². The van der Waals surface area contributed by atoms with Crippen LogP contribution in [0.4, 0.5) is 0 Å². The maximum Gasteiger partial charge on any atom is 0.246 e.